The number of aromatic nitrogens is 4. The number of carbonyl (C=O) groups is 1. The van der Waals surface area contributed by atoms with Gasteiger partial charge in [0.1, 0.15) is 11.3 Å². The molecule has 0 saturated carbocycles. The molecular weight excluding hydrogens is 318 g/mol. The van der Waals surface area contributed by atoms with Crippen LogP contribution < -0.4 is 4.74 Å². The predicted molar refractivity (Wildman–Crippen MR) is 92.2 cm³/mol. The number of rotatable bonds is 4. The highest BCUT2D eigenvalue weighted by Gasteiger charge is 2.27. The molecule has 0 aliphatic carbocycles. The molecule has 1 aliphatic heterocycles. The number of H-pyrrole nitrogens is 1. The van der Waals surface area contributed by atoms with Crippen molar-refractivity contribution in [1.82, 2.24) is 25.1 Å². The van der Waals surface area contributed by atoms with Gasteiger partial charge in [-0.1, -0.05) is 18.2 Å². The Bertz CT molecular complexity index is 864. The third-order valence-electron chi connectivity index (χ3n) is 4.50. The van der Waals surface area contributed by atoms with Gasteiger partial charge in [0.2, 0.25) is 0 Å². The summed E-state index contributed by atoms with van der Waals surface area (Å²) < 4.78 is 5.58. The Labute approximate surface area is 145 Å². The molecule has 3 heterocycles. The molecule has 1 amide bonds. The van der Waals surface area contributed by atoms with E-state index in [2.05, 4.69) is 20.2 Å². The average Bonchev–Trinajstić information content (AvgIpc) is 3.11. The van der Waals surface area contributed by atoms with Crippen molar-refractivity contribution in [2.24, 2.45) is 0 Å². The highest BCUT2D eigenvalue weighted by molar-refractivity contribution is 5.78. The van der Waals surface area contributed by atoms with Gasteiger partial charge >= 0.3 is 0 Å². The number of carbonyl (C=O) groups excluding carboxylic acids is 1. The van der Waals surface area contributed by atoms with E-state index in [0.717, 1.165) is 30.6 Å². The molecular formula is C18H19N5O2. The van der Waals surface area contributed by atoms with E-state index in [4.69, 9.17) is 4.74 Å². The lowest BCUT2D eigenvalue weighted by atomic mass is 9.94. The highest BCUT2D eigenvalue weighted by Crippen LogP contribution is 2.29. The number of para-hydroxylation sites is 1. The molecule has 1 fully saturated rings. The Hall–Kier alpha value is -2.96. The lowest BCUT2D eigenvalue weighted by Gasteiger charge is -2.32. The molecule has 1 N–H and O–H groups in total. The molecule has 7 heteroatoms. The van der Waals surface area contributed by atoms with Crippen LogP contribution in [0, 0.1) is 0 Å². The molecule has 0 radical (unpaired) electrons. The molecule has 0 unspecified atom stereocenters. The third-order valence-corrected chi connectivity index (χ3v) is 4.50. The Morgan fingerprint density at radius 3 is 2.96 bits per heavy atom. The maximum atomic E-state index is 12.5. The van der Waals surface area contributed by atoms with Gasteiger partial charge in [0.15, 0.2) is 12.3 Å². The first-order chi connectivity index (χ1) is 12.3. The van der Waals surface area contributed by atoms with E-state index in [-0.39, 0.29) is 18.4 Å². The molecule has 1 saturated heterocycles. The van der Waals surface area contributed by atoms with Crippen molar-refractivity contribution in [3.05, 3.63) is 48.4 Å². The van der Waals surface area contributed by atoms with Crippen molar-refractivity contribution in [1.29, 1.82) is 0 Å². The summed E-state index contributed by atoms with van der Waals surface area (Å²) in [4.78, 5) is 22.9. The van der Waals surface area contributed by atoms with Crippen LogP contribution in [0.1, 0.15) is 24.5 Å². The van der Waals surface area contributed by atoms with Crippen LogP contribution in [0.15, 0.2) is 42.7 Å². The van der Waals surface area contributed by atoms with Gasteiger partial charge < -0.3 is 9.64 Å². The second kappa shape index (κ2) is 6.88. The molecule has 1 aliphatic rings. The van der Waals surface area contributed by atoms with Gasteiger partial charge in [-0.2, -0.15) is 5.10 Å². The van der Waals surface area contributed by atoms with Gasteiger partial charge in [-0.05, 0) is 25.0 Å². The van der Waals surface area contributed by atoms with Crippen molar-refractivity contribution in [2.45, 2.75) is 18.8 Å². The van der Waals surface area contributed by atoms with Crippen LogP contribution in [0.3, 0.4) is 0 Å². The second-order valence-corrected chi connectivity index (χ2v) is 6.15. The van der Waals surface area contributed by atoms with Crippen LogP contribution in [0.25, 0.3) is 11.2 Å². The molecule has 1 aromatic carbocycles. The van der Waals surface area contributed by atoms with Gasteiger partial charge in [-0.3, -0.25) is 9.89 Å². The number of nitrogens with zero attached hydrogens (tertiary/aromatic N) is 4. The zero-order chi connectivity index (χ0) is 17.1. The maximum absolute atomic E-state index is 12.5. The van der Waals surface area contributed by atoms with E-state index in [1.807, 2.05) is 35.2 Å². The summed E-state index contributed by atoms with van der Waals surface area (Å²) in [6, 6.07) is 9.40. The van der Waals surface area contributed by atoms with E-state index >= 15 is 0 Å². The van der Waals surface area contributed by atoms with E-state index in [1.165, 1.54) is 0 Å². The minimum Gasteiger partial charge on any atom is -0.484 e. The number of ether oxygens (including phenoxy) is 1. The Balaban J connectivity index is 1.43. The molecule has 2 aromatic heterocycles. The molecule has 0 spiro atoms. The topological polar surface area (TPSA) is 84.0 Å². The Morgan fingerprint density at radius 1 is 1.24 bits per heavy atom. The van der Waals surface area contributed by atoms with Crippen LogP contribution in [0.4, 0.5) is 0 Å². The maximum Gasteiger partial charge on any atom is 0.260 e. The summed E-state index contributed by atoms with van der Waals surface area (Å²) in [5.41, 5.74) is 2.38. The SMILES string of the molecule is O=C(COc1ccccc1)N1CCC[C@@H](c2[nH]nc3nccnc23)C1. The lowest BCUT2D eigenvalue weighted by molar-refractivity contribution is -0.134. The van der Waals surface area contributed by atoms with Crippen molar-refractivity contribution in [3.63, 3.8) is 0 Å². The molecule has 0 bridgehead atoms. The van der Waals surface area contributed by atoms with Gasteiger partial charge in [-0.15, -0.1) is 0 Å². The lowest BCUT2D eigenvalue weighted by Crippen LogP contribution is -2.41. The summed E-state index contributed by atoms with van der Waals surface area (Å²) in [6.07, 6.45) is 5.24. The molecule has 7 nitrogen and oxygen atoms in total. The zero-order valence-electron chi connectivity index (χ0n) is 13.8. The quantitative estimate of drug-likeness (QED) is 0.788. The monoisotopic (exact) mass is 337 g/mol. The minimum atomic E-state index is 0.00320. The largest absolute Gasteiger partial charge is 0.484 e. The normalized spacial score (nSPS) is 17.6. The molecule has 4 rings (SSSR count). The molecule has 1 atom stereocenters. The summed E-state index contributed by atoms with van der Waals surface area (Å²) >= 11 is 0. The summed E-state index contributed by atoms with van der Waals surface area (Å²) in [5, 5.41) is 7.27. The number of benzene rings is 1. The number of aromatic amines is 1. The molecule has 3 aromatic rings. The number of hydrogen-bond acceptors (Lipinski definition) is 5. The highest BCUT2D eigenvalue weighted by atomic mass is 16.5. The first kappa shape index (κ1) is 15.6. The van der Waals surface area contributed by atoms with Crippen LogP contribution in [0.5, 0.6) is 5.75 Å². The second-order valence-electron chi connectivity index (χ2n) is 6.15. The molecule has 128 valence electrons. The third kappa shape index (κ3) is 3.31. The fourth-order valence-corrected chi connectivity index (χ4v) is 3.25. The molecule has 25 heavy (non-hydrogen) atoms. The Kier molecular flexibility index (Phi) is 4.28. The number of hydrogen-bond donors (Lipinski definition) is 1. The van der Waals surface area contributed by atoms with Crippen LogP contribution >= 0.6 is 0 Å². The van der Waals surface area contributed by atoms with Gasteiger partial charge in [-0.25, -0.2) is 9.97 Å². The smallest absolute Gasteiger partial charge is 0.260 e. The standard InChI is InChI=1S/C18H19N5O2/c24-15(12-25-14-6-2-1-3-7-14)23-10-4-5-13(11-23)16-17-18(22-21-16)20-9-8-19-17/h1-3,6-9,13H,4-5,10-12H2,(H,20,21,22)/t13-/m1/s1. The van der Waals surface area contributed by atoms with Crippen molar-refractivity contribution < 1.29 is 9.53 Å². The van der Waals surface area contributed by atoms with Crippen LogP contribution in [-0.2, 0) is 4.79 Å². The van der Waals surface area contributed by atoms with E-state index in [0.29, 0.717) is 17.9 Å². The number of amides is 1. The Morgan fingerprint density at radius 2 is 2.08 bits per heavy atom. The first-order valence-corrected chi connectivity index (χ1v) is 8.42. The number of nitrogens with one attached hydrogen (secondary N) is 1. The minimum absolute atomic E-state index is 0.00320. The summed E-state index contributed by atoms with van der Waals surface area (Å²) in [7, 11) is 0. The van der Waals surface area contributed by atoms with Crippen LogP contribution in [0.2, 0.25) is 0 Å². The predicted octanol–water partition coefficient (Wildman–Crippen LogP) is 2.14. The van der Waals surface area contributed by atoms with Gasteiger partial charge in [0, 0.05) is 31.4 Å². The fraction of sp³-hybridized carbons (Fsp3) is 0.333. The van der Waals surface area contributed by atoms with Crippen LogP contribution in [-0.4, -0.2) is 50.7 Å². The van der Waals surface area contributed by atoms with E-state index in [1.54, 1.807) is 12.4 Å². The van der Waals surface area contributed by atoms with Crippen molar-refractivity contribution >= 4 is 17.1 Å². The number of fused-ring (bicyclic) bond motifs is 1. The summed E-state index contributed by atoms with van der Waals surface area (Å²) in [6.45, 7) is 1.45. The number of likely N-dealkylation sites (tertiary alicyclic amines) is 1. The van der Waals surface area contributed by atoms with Gasteiger partial charge in [0.25, 0.3) is 5.91 Å². The first-order valence-electron chi connectivity index (χ1n) is 8.42. The van der Waals surface area contributed by atoms with E-state index in [9.17, 15) is 4.79 Å². The van der Waals surface area contributed by atoms with Crippen molar-refractivity contribution in [2.75, 3.05) is 19.7 Å². The zero-order valence-corrected chi connectivity index (χ0v) is 13.8. The van der Waals surface area contributed by atoms with Gasteiger partial charge in [0.05, 0.1) is 5.69 Å². The van der Waals surface area contributed by atoms with E-state index < -0.39 is 0 Å². The van der Waals surface area contributed by atoms with Crippen molar-refractivity contribution in [3.8, 4) is 5.75 Å². The number of piperidine rings is 1. The fourth-order valence-electron chi connectivity index (χ4n) is 3.25. The average molecular weight is 337 g/mol. The summed E-state index contributed by atoms with van der Waals surface area (Å²) in [5.74, 6) is 0.902.